The first-order valence-electron chi connectivity index (χ1n) is 10.7. The molecule has 1 unspecified atom stereocenters. The van der Waals surface area contributed by atoms with Gasteiger partial charge in [0.15, 0.2) is 0 Å². The van der Waals surface area contributed by atoms with Gasteiger partial charge in [0.1, 0.15) is 6.42 Å². The first-order chi connectivity index (χ1) is 17.0. The average Bonchev–Trinajstić information content (AvgIpc) is 3.25. The lowest BCUT2D eigenvalue weighted by Crippen LogP contribution is -2.42. The number of carbonyl (C=O) groups is 2. The third-order valence-corrected chi connectivity index (χ3v) is 6.28. The fourth-order valence-electron chi connectivity index (χ4n) is 4.12. The lowest BCUT2D eigenvalue weighted by atomic mass is 9.91. The molecule has 0 spiro atoms. The number of hydrogen-bond acceptors (Lipinski definition) is 4. The summed E-state index contributed by atoms with van der Waals surface area (Å²) in [4.78, 5) is 39.5. The number of hydrogen-bond donors (Lipinski definition) is 2. The summed E-state index contributed by atoms with van der Waals surface area (Å²) < 4.78 is 29.2. The van der Waals surface area contributed by atoms with E-state index in [4.69, 9.17) is 28.3 Å². The number of rotatable bonds is 6. The van der Waals surface area contributed by atoms with E-state index < -0.39 is 35.8 Å². The molecule has 2 heterocycles. The van der Waals surface area contributed by atoms with Crippen LogP contribution in [0, 0.1) is 6.92 Å². The molecular weight excluding hydrogens is 515 g/mol. The first-order valence-corrected chi connectivity index (χ1v) is 11.5. The molecule has 2 N–H and O–H groups in total. The molecule has 3 aromatic rings. The molecule has 0 saturated heterocycles. The van der Waals surface area contributed by atoms with Crippen LogP contribution in [-0.2, 0) is 9.59 Å². The molecule has 0 aliphatic carbocycles. The van der Waals surface area contributed by atoms with Crippen LogP contribution in [0.1, 0.15) is 35.6 Å². The maximum atomic E-state index is 14.6. The van der Waals surface area contributed by atoms with E-state index in [1.54, 1.807) is 43.3 Å². The molecule has 0 fully saturated rings. The van der Waals surface area contributed by atoms with Crippen LogP contribution >= 0.6 is 23.2 Å². The van der Waals surface area contributed by atoms with Crippen LogP contribution in [0.15, 0.2) is 64.6 Å². The zero-order valence-electron chi connectivity index (χ0n) is 18.8. The third-order valence-electron chi connectivity index (χ3n) is 5.77. The Morgan fingerprint density at radius 2 is 1.67 bits per heavy atom. The van der Waals surface area contributed by atoms with Crippen molar-refractivity contribution in [3.63, 3.8) is 0 Å². The molecule has 0 saturated carbocycles. The van der Waals surface area contributed by atoms with Gasteiger partial charge in [-0.3, -0.25) is 14.4 Å². The Kier molecular flexibility index (Phi) is 6.97. The van der Waals surface area contributed by atoms with E-state index >= 15 is 0 Å². The minimum absolute atomic E-state index is 0.0658. The van der Waals surface area contributed by atoms with Crippen molar-refractivity contribution < 1.29 is 23.5 Å². The number of aromatic amines is 1. The second-order valence-electron chi connectivity index (χ2n) is 8.30. The van der Waals surface area contributed by atoms with E-state index in [1.807, 2.05) is 0 Å². The van der Waals surface area contributed by atoms with Gasteiger partial charge < -0.3 is 10.1 Å². The number of carboxylic acid groups (broad SMARTS) is 1. The van der Waals surface area contributed by atoms with Gasteiger partial charge in [-0.15, -0.1) is 0 Å². The molecule has 1 aliphatic heterocycles. The maximum Gasteiger partial charge on any atom is 0.337 e. The van der Waals surface area contributed by atoms with Gasteiger partial charge in [0, 0.05) is 28.2 Å². The van der Waals surface area contributed by atoms with Crippen molar-refractivity contribution in [2.24, 2.45) is 5.10 Å². The van der Waals surface area contributed by atoms with E-state index in [0.29, 0.717) is 37.3 Å². The molecule has 1 amide bonds. The SMILES string of the molecule is Cc1c[nH]c(=O)c(C2=NN(C(=O)C(F)(F)CC(=O)O)C(c3ccc(Cl)cc3)C2)c1-c1ccc(Cl)cc1. The summed E-state index contributed by atoms with van der Waals surface area (Å²) in [5.41, 5.74) is 1.97. The van der Waals surface area contributed by atoms with E-state index in [1.165, 1.54) is 18.3 Å². The van der Waals surface area contributed by atoms with Crippen LogP contribution in [-0.4, -0.2) is 38.6 Å². The van der Waals surface area contributed by atoms with Gasteiger partial charge in [0.25, 0.3) is 5.56 Å². The Labute approximate surface area is 214 Å². The van der Waals surface area contributed by atoms with E-state index in [2.05, 4.69) is 10.1 Å². The maximum absolute atomic E-state index is 14.6. The molecule has 36 heavy (non-hydrogen) atoms. The van der Waals surface area contributed by atoms with Crippen molar-refractivity contribution in [2.45, 2.75) is 31.7 Å². The number of aryl methyl sites for hydroxylation is 1. The lowest BCUT2D eigenvalue weighted by molar-refractivity contribution is -0.167. The topological polar surface area (TPSA) is 103 Å². The summed E-state index contributed by atoms with van der Waals surface area (Å²) in [5, 5.41) is 14.5. The highest BCUT2D eigenvalue weighted by molar-refractivity contribution is 6.30. The number of H-pyrrole nitrogens is 1. The van der Waals surface area contributed by atoms with Crippen LogP contribution < -0.4 is 5.56 Å². The minimum atomic E-state index is -4.21. The summed E-state index contributed by atoms with van der Waals surface area (Å²) in [7, 11) is 0. The van der Waals surface area contributed by atoms with Crippen LogP contribution in [0.5, 0.6) is 0 Å². The number of aromatic nitrogens is 1. The third kappa shape index (κ3) is 5.03. The summed E-state index contributed by atoms with van der Waals surface area (Å²) in [6.07, 6.45) is -0.239. The Hall–Kier alpha value is -3.56. The monoisotopic (exact) mass is 533 g/mol. The number of halogens is 4. The Bertz CT molecular complexity index is 1420. The van der Waals surface area contributed by atoms with Gasteiger partial charge in [-0.1, -0.05) is 47.5 Å². The molecule has 7 nitrogen and oxygen atoms in total. The van der Waals surface area contributed by atoms with Gasteiger partial charge in [-0.2, -0.15) is 13.9 Å². The largest absolute Gasteiger partial charge is 0.481 e. The predicted octanol–water partition coefficient (Wildman–Crippen LogP) is 5.44. The zero-order valence-corrected chi connectivity index (χ0v) is 20.3. The summed E-state index contributed by atoms with van der Waals surface area (Å²) in [6, 6.07) is 11.9. The van der Waals surface area contributed by atoms with Crippen LogP contribution in [0.25, 0.3) is 11.1 Å². The molecule has 2 aromatic carbocycles. The molecule has 186 valence electrons. The lowest BCUT2D eigenvalue weighted by Gasteiger charge is -2.25. The number of carboxylic acids is 1. The average molecular weight is 534 g/mol. The number of carbonyl (C=O) groups excluding carboxylic acids is 1. The Balaban J connectivity index is 1.87. The zero-order chi connectivity index (χ0) is 26.2. The van der Waals surface area contributed by atoms with E-state index in [9.17, 15) is 23.2 Å². The van der Waals surface area contributed by atoms with Crippen molar-refractivity contribution in [2.75, 3.05) is 0 Å². The van der Waals surface area contributed by atoms with Gasteiger partial charge in [-0.25, -0.2) is 5.01 Å². The van der Waals surface area contributed by atoms with E-state index in [0.717, 1.165) is 0 Å². The molecule has 4 rings (SSSR count). The molecular formula is C25H19Cl2F2N3O4. The fraction of sp³-hybridized carbons (Fsp3) is 0.200. The summed E-state index contributed by atoms with van der Waals surface area (Å²) >= 11 is 12.0. The molecule has 1 aliphatic rings. The molecule has 1 atom stereocenters. The molecule has 0 radical (unpaired) electrons. The van der Waals surface area contributed by atoms with Gasteiger partial charge in [0.2, 0.25) is 0 Å². The second kappa shape index (κ2) is 9.83. The molecule has 0 bridgehead atoms. The Morgan fingerprint density at radius 3 is 2.25 bits per heavy atom. The van der Waals surface area contributed by atoms with Gasteiger partial charge >= 0.3 is 17.8 Å². The number of aliphatic carboxylic acids is 1. The normalized spacial score (nSPS) is 15.6. The Morgan fingerprint density at radius 1 is 1.08 bits per heavy atom. The van der Waals surface area contributed by atoms with Crippen LogP contribution in [0.4, 0.5) is 8.78 Å². The van der Waals surface area contributed by atoms with Crippen molar-refractivity contribution in [3.8, 4) is 11.1 Å². The van der Waals surface area contributed by atoms with Gasteiger partial charge in [-0.05, 0) is 47.9 Å². The van der Waals surface area contributed by atoms with Crippen molar-refractivity contribution in [1.29, 1.82) is 0 Å². The minimum Gasteiger partial charge on any atom is -0.481 e. The predicted molar refractivity (Wildman–Crippen MR) is 132 cm³/mol. The second-order valence-corrected chi connectivity index (χ2v) is 9.17. The fourth-order valence-corrected chi connectivity index (χ4v) is 4.37. The van der Waals surface area contributed by atoms with Crippen molar-refractivity contribution in [1.82, 2.24) is 9.99 Å². The van der Waals surface area contributed by atoms with E-state index in [-0.39, 0.29) is 17.7 Å². The quantitative estimate of drug-likeness (QED) is 0.440. The summed E-state index contributed by atoms with van der Waals surface area (Å²) in [5.74, 6) is -7.83. The first kappa shape index (κ1) is 25.5. The summed E-state index contributed by atoms with van der Waals surface area (Å²) in [6.45, 7) is 1.76. The number of hydrazone groups is 1. The van der Waals surface area contributed by atoms with Gasteiger partial charge in [0.05, 0.1) is 17.3 Å². The highest BCUT2D eigenvalue weighted by atomic mass is 35.5. The number of benzene rings is 2. The highest BCUT2D eigenvalue weighted by Gasteiger charge is 2.48. The van der Waals surface area contributed by atoms with Crippen LogP contribution in [0.3, 0.4) is 0 Å². The number of amides is 1. The molecule has 11 heteroatoms. The standard InChI is InChI=1S/C25H19Cl2F2N3O4/c1-13-12-30-23(35)22(21(13)15-4-8-17(27)9-5-15)18-10-19(14-2-6-16(26)7-3-14)32(31-18)24(36)25(28,29)11-20(33)34/h2-9,12,19H,10-11H2,1H3,(H,30,35)(H,33,34). The van der Waals surface area contributed by atoms with Crippen molar-refractivity contribution >= 4 is 40.8 Å². The number of alkyl halides is 2. The number of pyridine rings is 1. The van der Waals surface area contributed by atoms with Crippen LogP contribution in [0.2, 0.25) is 10.0 Å². The highest BCUT2D eigenvalue weighted by Crippen LogP contribution is 2.38. The number of nitrogens with one attached hydrogen (secondary N) is 1. The molecule has 1 aromatic heterocycles. The smallest absolute Gasteiger partial charge is 0.337 e. The van der Waals surface area contributed by atoms with Crippen molar-refractivity contribution in [3.05, 3.63) is 91.8 Å². The number of nitrogens with zero attached hydrogens (tertiary/aromatic N) is 2.